The molecule has 1 aromatic rings. The number of nitrogens with zero attached hydrogens (tertiary/aromatic N) is 2. The molecule has 2 aliphatic rings. The van der Waals surface area contributed by atoms with Gasteiger partial charge in [0.25, 0.3) is 5.91 Å². The van der Waals surface area contributed by atoms with Crippen LogP contribution in [0.1, 0.15) is 20.3 Å². The lowest BCUT2D eigenvalue weighted by atomic mass is 9.76. The first-order valence-corrected chi connectivity index (χ1v) is 8.38. The minimum absolute atomic E-state index is 0.0754. The van der Waals surface area contributed by atoms with Crippen LogP contribution in [0, 0.1) is 11.3 Å². The van der Waals surface area contributed by atoms with Gasteiger partial charge in [-0.2, -0.15) is 0 Å². The molecule has 0 saturated carbocycles. The monoisotopic (exact) mass is 346 g/mol. The number of hydrogen-bond donors (Lipinski definition) is 1. The van der Waals surface area contributed by atoms with E-state index in [1.165, 1.54) is 4.90 Å². The lowest BCUT2D eigenvalue weighted by Crippen LogP contribution is -2.47. The molecule has 0 bridgehead atoms. The van der Waals surface area contributed by atoms with E-state index in [9.17, 15) is 19.5 Å². The van der Waals surface area contributed by atoms with Crippen molar-refractivity contribution in [3.8, 4) is 5.75 Å². The maximum absolute atomic E-state index is 12.7. The molecule has 2 aliphatic heterocycles. The maximum Gasteiger partial charge on any atom is 0.311 e. The summed E-state index contributed by atoms with van der Waals surface area (Å²) in [6, 6.07) is 7.07. The number of benzene rings is 1. The number of carboxylic acids is 1. The fourth-order valence-corrected chi connectivity index (χ4v) is 3.50. The Morgan fingerprint density at radius 3 is 2.68 bits per heavy atom. The van der Waals surface area contributed by atoms with Crippen molar-refractivity contribution in [2.45, 2.75) is 20.3 Å². The summed E-state index contributed by atoms with van der Waals surface area (Å²) in [6.45, 7) is 4.10. The van der Waals surface area contributed by atoms with Gasteiger partial charge in [-0.05, 0) is 24.5 Å². The molecule has 134 valence electrons. The van der Waals surface area contributed by atoms with Crippen molar-refractivity contribution in [1.29, 1.82) is 0 Å². The van der Waals surface area contributed by atoms with E-state index in [1.807, 2.05) is 13.8 Å². The van der Waals surface area contributed by atoms with Gasteiger partial charge in [0.15, 0.2) is 6.61 Å². The van der Waals surface area contributed by atoms with Crippen molar-refractivity contribution >= 4 is 23.5 Å². The number of carbonyl (C=O) groups excluding carboxylic acids is 2. The molecule has 7 heteroatoms. The molecule has 1 saturated heterocycles. The molecule has 0 aromatic heterocycles. The molecule has 25 heavy (non-hydrogen) atoms. The molecular weight excluding hydrogens is 324 g/mol. The molecule has 3 rings (SSSR count). The van der Waals surface area contributed by atoms with Gasteiger partial charge < -0.3 is 14.7 Å². The predicted octanol–water partition coefficient (Wildman–Crippen LogP) is 1.37. The van der Waals surface area contributed by atoms with Crippen molar-refractivity contribution in [3.63, 3.8) is 0 Å². The van der Waals surface area contributed by atoms with E-state index in [4.69, 9.17) is 4.74 Å². The Balaban J connectivity index is 1.75. The third-order valence-corrected chi connectivity index (χ3v) is 5.29. The molecule has 0 spiro atoms. The Bertz CT molecular complexity index is 717. The van der Waals surface area contributed by atoms with Gasteiger partial charge in [-0.3, -0.25) is 19.3 Å². The number of aliphatic carboxylic acids is 1. The zero-order chi connectivity index (χ0) is 18.2. The summed E-state index contributed by atoms with van der Waals surface area (Å²) >= 11 is 0. The number of anilines is 1. The largest absolute Gasteiger partial charge is 0.482 e. The van der Waals surface area contributed by atoms with Gasteiger partial charge in [0.1, 0.15) is 12.3 Å². The van der Waals surface area contributed by atoms with Crippen LogP contribution in [0.15, 0.2) is 24.3 Å². The van der Waals surface area contributed by atoms with Crippen LogP contribution in [-0.2, 0) is 14.4 Å². The Kier molecular flexibility index (Phi) is 4.41. The Morgan fingerprint density at radius 2 is 2.04 bits per heavy atom. The standard InChI is InChI=1S/C18H22N2O5/c1-12(2)18(17(23)24)7-8-19(11-18)15(21)9-20-13-5-3-4-6-14(13)25-10-16(20)22/h3-6,12H,7-11H2,1-2H3,(H,23,24). The number of amides is 2. The van der Waals surface area contributed by atoms with Crippen LogP contribution in [0.4, 0.5) is 5.69 Å². The highest BCUT2D eigenvalue weighted by Crippen LogP contribution is 2.38. The number of carboxylic acid groups (broad SMARTS) is 1. The highest BCUT2D eigenvalue weighted by Gasteiger charge is 2.48. The maximum atomic E-state index is 12.7. The molecule has 1 unspecified atom stereocenters. The summed E-state index contributed by atoms with van der Waals surface area (Å²) < 4.78 is 5.38. The third-order valence-electron chi connectivity index (χ3n) is 5.29. The fourth-order valence-electron chi connectivity index (χ4n) is 3.50. The van der Waals surface area contributed by atoms with Crippen molar-refractivity contribution in [2.24, 2.45) is 11.3 Å². The highest BCUT2D eigenvalue weighted by atomic mass is 16.5. The second kappa shape index (κ2) is 6.38. The molecule has 2 heterocycles. The second-order valence-electron chi connectivity index (χ2n) is 6.92. The van der Waals surface area contributed by atoms with E-state index in [0.717, 1.165) is 0 Å². The molecule has 2 amide bonds. The third kappa shape index (κ3) is 2.94. The molecule has 1 atom stereocenters. The van der Waals surface area contributed by atoms with E-state index in [2.05, 4.69) is 0 Å². The van der Waals surface area contributed by atoms with E-state index in [0.29, 0.717) is 24.4 Å². The second-order valence-corrected chi connectivity index (χ2v) is 6.92. The van der Waals surface area contributed by atoms with Crippen molar-refractivity contribution in [1.82, 2.24) is 4.90 Å². The summed E-state index contributed by atoms with van der Waals surface area (Å²) in [5.74, 6) is -0.897. The Morgan fingerprint density at radius 1 is 1.32 bits per heavy atom. The first-order valence-electron chi connectivity index (χ1n) is 8.38. The number of ether oxygens (including phenoxy) is 1. The molecule has 1 aromatic carbocycles. The van der Waals surface area contributed by atoms with Gasteiger partial charge in [0, 0.05) is 13.1 Å². The minimum atomic E-state index is -0.914. The Hall–Kier alpha value is -2.57. The molecule has 0 radical (unpaired) electrons. The lowest BCUT2D eigenvalue weighted by molar-refractivity contribution is -0.151. The first kappa shape index (κ1) is 17.3. The highest BCUT2D eigenvalue weighted by molar-refractivity contribution is 6.02. The van der Waals surface area contributed by atoms with Crippen LogP contribution < -0.4 is 9.64 Å². The van der Waals surface area contributed by atoms with Crippen LogP contribution in [0.25, 0.3) is 0 Å². The smallest absolute Gasteiger partial charge is 0.311 e. The molecular formula is C18H22N2O5. The summed E-state index contributed by atoms with van der Waals surface area (Å²) in [5, 5.41) is 9.61. The fraction of sp³-hybridized carbons (Fsp3) is 0.500. The quantitative estimate of drug-likeness (QED) is 0.890. The van der Waals surface area contributed by atoms with E-state index in [-0.39, 0.29) is 37.4 Å². The van der Waals surface area contributed by atoms with Crippen LogP contribution in [0.5, 0.6) is 5.75 Å². The molecule has 7 nitrogen and oxygen atoms in total. The number of hydrogen-bond acceptors (Lipinski definition) is 4. The van der Waals surface area contributed by atoms with Gasteiger partial charge in [-0.25, -0.2) is 0 Å². The SMILES string of the molecule is CC(C)C1(C(=O)O)CCN(C(=O)CN2C(=O)COc3ccccc32)C1. The van der Waals surface area contributed by atoms with Crippen molar-refractivity contribution < 1.29 is 24.2 Å². The van der Waals surface area contributed by atoms with Gasteiger partial charge in [-0.1, -0.05) is 26.0 Å². The first-order chi connectivity index (χ1) is 11.8. The molecule has 0 aliphatic carbocycles. The predicted molar refractivity (Wildman–Crippen MR) is 90.4 cm³/mol. The summed E-state index contributed by atoms with van der Waals surface area (Å²) in [7, 11) is 0. The normalized spacial score (nSPS) is 22.8. The van der Waals surface area contributed by atoms with Gasteiger partial charge in [0.05, 0.1) is 11.1 Å². The number of rotatable bonds is 4. The van der Waals surface area contributed by atoms with E-state index < -0.39 is 11.4 Å². The van der Waals surface area contributed by atoms with Crippen LogP contribution >= 0.6 is 0 Å². The van der Waals surface area contributed by atoms with Crippen LogP contribution in [-0.4, -0.2) is 54.0 Å². The molecule has 1 N–H and O–H groups in total. The average molecular weight is 346 g/mol. The Labute approximate surface area is 146 Å². The number of para-hydroxylation sites is 2. The van der Waals surface area contributed by atoms with Crippen molar-refractivity contribution in [2.75, 3.05) is 31.1 Å². The minimum Gasteiger partial charge on any atom is -0.482 e. The average Bonchev–Trinajstić information content (AvgIpc) is 3.04. The van der Waals surface area contributed by atoms with Crippen LogP contribution in [0.3, 0.4) is 0 Å². The number of carbonyl (C=O) groups is 3. The summed E-state index contributed by atoms with van der Waals surface area (Å²) in [5.41, 5.74) is -0.345. The zero-order valence-corrected chi connectivity index (χ0v) is 14.4. The van der Waals surface area contributed by atoms with E-state index >= 15 is 0 Å². The van der Waals surface area contributed by atoms with Gasteiger partial charge in [0.2, 0.25) is 5.91 Å². The lowest BCUT2D eigenvalue weighted by Gasteiger charge is -2.31. The summed E-state index contributed by atoms with van der Waals surface area (Å²) in [4.78, 5) is 39.6. The number of fused-ring (bicyclic) bond motifs is 1. The zero-order valence-electron chi connectivity index (χ0n) is 14.4. The van der Waals surface area contributed by atoms with Crippen LogP contribution in [0.2, 0.25) is 0 Å². The molecule has 1 fully saturated rings. The van der Waals surface area contributed by atoms with E-state index in [1.54, 1.807) is 29.2 Å². The summed E-state index contributed by atoms with van der Waals surface area (Å²) in [6.07, 6.45) is 0.430. The number of likely N-dealkylation sites (tertiary alicyclic amines) is 1. The topological polar surface area (TPSA) is 87.2 Å². The van der Waals surface area contributed by atoms with Gasteiger partial charge in [-0.15, -0.1) is 0 Å². The van der Waals surface area contributed by atoms with Gasteiger partial charge >= 0.3 is 5.97 Å². The van der Waals surface area contributed by atoms with Crippen molar-refractivity contribution in [3.05, 3.63) is 24.3 Å².